The van der Waals surface area contributed by atoms with Gasteiger partial charge in [-0.25, -0.2) is 4.79 Å². The van der Waals surface area contributed by atoms with Crippen LogP contribution in [0.4, 0.5) is 0 Å². The maximum atomic E-state index is 12.2. The zero-order chi connectivity index (χ0) is 15.4. The smallest absolute Gasteiger partial charge is 0.339 e. The number of carbonyl (C=O) groups excluding carboxylic acids is 2. The third kappa shape index (κ3) is 3.93. The molecule has 0 saturated carbocycles. The fourth-order valence-electron chi connectivity index (χ4n) is 1.75. The second kappa shape index (κ2) is 6.87. The second-order valence-electron chi connectivity index (χ2n) is 4.40. The number of esters is 1. The Bertz CT molecular complexity index is 667. The molecule has 2 aromatic carbocycles. The molecule has 2 rings (SSSR count). The lowest BCUT2D eigenvalue weighted by molar-refractivity contribution is 0.0318. The van der Waals surface area contributed by atoms with E-state index in [0.29, 0.717) is 20.6 Å². The first kappa shape index (κ1) is 15.7. The SMILES string of the molecule is C[C@@H](OC(=O)c1ccccc1Br)C(=O)c1ccc(Cl)cc1. The summed E-state index contributed by atoms with van der Waals surface area (Å²) in [5.74, 6) is -0.815. The van der Waals surface area contributed by atoms with Crippen molar-refractivity contribution in [1.29, 1.82) is 0 Å². The molecule has 0 fully saturated rings. The number of benzene rings is 2. The van der Waals surface area contributed by atoms with Gasteiger partial charge in [-0.05, 0) is 59.3 Å². The van der Waals surface area contributed by atoms with Crippen molar-refractivity contribution < 1.29 is 14.3 Å². The molecule has 5 heteroatoms. The summed E-state index contributed by atoms with van der Waals surface area (Å²) in [6, 6.07) is 13.3. The predicted octanol–water partition coefficient (Wildman–Crippen LogP) is 4.53. The Morgan fingerprint density at radius 3 is 2.33 bits per heavy atom. The van der Waals surface area contributed by atoms with Crippen LogP contribution >= 0.6 is 27.5 Å². The quantitative estimate of drug-likeness (QED) is 0.589. The van der Waals surface area contributed by atoms with Crippen LogP contribution < -0.4 is 0 Å². The van der Waals surface area contributed by atoms with Gasteiger partial charge in [-0.15, -0.1) is 0 Å². The van der Waals surface area contributed by atoms with E-state index in [9.17, 15) is 9.59 Å². The molecule has 0 spiro atoms. The minimum atomic E-state index is -0.870. The van der Waals surface area contributed by atoms with Crippen molar-refractivity contribution >= 4 is 39.3 Å². The zero-order valence-corrected chi connectivity index (χ0v) is 13.5. The Morgan fingerprint density at radius 1 is 1.10 bits per heavy atom. The minimum Gasteiger partial charge on any atom is -0.451 e. The Kier molecular flexibility index (Phi) is 5.15. The topological polar surface area (TPSA) is 43.4 Å². The highest BCUT2D eigenvalue weighted by Gasteiger charge is 2.21. The van der Waals surface area contributed by atoms with E-state index in [1.165, 1.54) is 0 Å². The molecule has 0 unspecified atom stereocenters. The van der Waals surface area contributed by atoms with E-state index in [1.54, 1.807) is 55.5 Å². The predicted molar refractivity (Wildman–Crippen MR) is 84.8 cm³/mol. The Labute approximate surface area is 136 Å². The van der Waals surface area contributed by atoms with Crippen molar-refractivity contribution in [3.8, 4) is 0 Å². The summed E-state index contributed by atoms with van der Waals surface area (Å²) >= 11 is 9.05. The monoisotopic (exact) mass is 366 g/mol. The summed E-state index contributed by atoms with van der Waals surface area (Å²) < 4.78 is 5.84. The summed E-state index contributed by atoms with van der Waals surface area (Å²) in [5.41, 5.74) is 0.833. The van der Waals surface area contributed by atoms with Gasteiger partial charge in [-0.1, -0.05) is 23.7 Å². The molecule has 0 aliphatic heterocycles. The maximum absolute atomic E-state index is 12.2. The lowest BCUT2D eigenvalue weighted by atomic mass is 10.1. The number of Topliss-reactive ketones (excluding diaryl/α,β-unsaturated/α-hetero) is 1. The van der Waals surface area contributed by atoms with Crippen LogP contribution in [0.5, 0.6) is 0 Å². The maximum Gasteiger partial charge on any atom is 0.339 e. The molecule has 0 N–H and O–H groups in total. The van der Waals surface area contributed by atoms with E-state index >= 15 is 0 Å². The average molecular weight is 368 g/mol. The molecule has 21 heavy (non-hydrogen) atoms. The van der Waals surface area contributed by atoms with Gasteiger partial charge in [0.2, 0.25) is 5.78 Å². The van der Waals surface area contributed by atoms with Crippen molar-refractivity contribution in [3.63, 3.8) is 0 Å². The van der Waals surface area contributed by atoms with Crippen LogP contribution in [0, 0.1) is 0 Å². The third-order valence-electron chi connectivity index (χ3n) is 2.88. The molecule has 3 nitrogen and oxygen atoms in total. The number of ether oxygens (including phenoxy) is 1. The number of rotatable bonds is 4. The number of hydrogen-bond donors (Lipinski definition) is 0. The van der Waals surface area contributed by atoms with Gasteiger partial charge >= 0.3 is 5.97 Å². The first-order valence-corrected chi connectivity index (χ1v) is 7.41. The van der Waals surface area contributed by atoms with Crippen molar-refractivity contribution in [3.05, 3.63) is 69.2 Å². The number of ketones is 1. The molecule has 0 amide bonds. The van der Waals surface area contributed by atoms with Crippen LogP contribution in [0.2, 0.25) is 5.02 Å². The lowest BCUT2D eigenvalue weighted by Crippen LogP contribution is -2.24. The van der Waals surface area contributed by atoms with Gasteiger partial charge in [0.05, 0.1) is 5.56 Å². The van der Waals surface area contributed by atoms with E-state index < -0.39 is 12.1 Å². The summed E-state index contributed by atoms with van der Waals surface area (Å²) in [7, 11) is 0. The first-order chi connectivity index (χ1) is 9.99. The molecular weight excluding hydrogens is 356 g/mol. The highest BCUT2D eigenvalue weighted by Crippen LogP contribution is 2.18. The van der Waals surface area contributed by atoms with Gasteiger partial charge in [0.15, 0.2) is 6.10 Å². The van der Waals surface area contributed by atoms with Crippen LogP contribution in [-0.4, -0.2) is 17.9 Å². The highest BCUT2D eigenvalue weighted by atomic mass is 79.9. The van der Waals surface area contributed by atoms with Crippen LogP contribution in [0.15, 0.2) is 53.0 Å². The molecule has 0 heterocycles. The molecule has 0 radical (unpaired) electrons. The summed E-state index contributed by atoms with van der Waals surface area (Å²) in [4.78, 5) is 24.2. The number of carbonyl (C=O) groups is 2. The van der Waals surface area contributed by atoms with E-state index in [0.717, 1.165) is 0 Å². The molecule has 0 saturated heterocycles. The number of hydrogen-bond acceptors (Lipinski definition) is 3. The summed E-state index contributed by atoms with van der Waals surface area (Å²) in [6.45, 7) is 1.55. The summed E-state index contributed by atoms with van der Waals surface area (Å²) in [6.07, 6.45) is -0.870. The van der Waals surface area contributed by atoms with E-state index in [2.05, 4.69) is 15.9 Å². The fraction of sp³-hybridized carbons (Fsp3) is 0.125. The molecule has 0 aliphatic rings. The second-order valence-corrected chi connectivity index (χ2v) is 5.69. The molecule has 108 valence electrons. The number of halogens is 2. The van der Waals surface area contributed by atoms with E-state index in [-0.39, 0.29) is 5.78 Å². The van der Waals surface area contributed by atoms with Crippen molar-refractivity contribution in [1.82, 2.24) is 0 Å². The third-order valence-corrected chi connectivity index (χ3v) is 3.82. The van der Waals surface area contributed by atoms with E-state index in [1.807, 2.05) is 0 Å². The van der Waals surface area contributed by atoms with Crippen LogP contribution in [0.1, 0.15) is 27.6 Å². The molecule has 2 aromatic rings. The van der Waals surface area contributed by atoms with E-state index in [4.69, 9.17) is 16.3 Å². The molecule has 0 bridgehead atoms. The van der Waals surface area contributed by atoms with Crippen LogP contribution in [0.3, 0.4) is 0 Å². The van der Waals surface area contributed by atoms with Crippen LogP contribution in [-0.2, 0) is 4.74 Å². The first-order valence-electron chi connectivity index (χ1n) is 6.24. The van der Waals surface area contributed by atoms with Gasteiger partial charge in [-0.2, -0.15) is 0 Å². The van der Waals surface area contributed by atoms with Crippen molar-refractivity contribution in [2.45, 2.75) is 13.0 Å². The van der Waals surface area contributed by atoms with Gasteiger partial charge < -0.3 is 4.74 Å². The Hall–Kier alpha value is -1.65. The van der Waals surface area contributed by atoms with Crippen molar-refractivity contribution in [2.24, 2.45) is 0 Å². The van der Waals surface area contributed by atoms with Gasteiger partial charge in [-0.3, -0.25) is 4.79 Å². The minimum absolute atomic E-state index is 0.271. The van der Waals surface area contributed by atoms with Crippen LogP contribution in [0.25, 0.3) is 0 Å². The normalized spacial score (nSPS) is 11.8. The van der Waals surface area contributed by atoms with Gasteiger partial charge in [0.1, 0.15) is 0 Å². The lowest BCUT2D eigenvalue weighted by Gasteiger charge is -2.13. The Morgan fingerprint density at radius 2 is 1.71 bits per heavy atom. The Balaban J connectivity index is 2.09. The van der Waals surface area contributed by atoms with Crippen molar-refractivity contribution in [2.75, 3.05) is 0 Å². The highest BCUT2D eigenvalue weighted by molar-refractivity contribution is 9.10. The molecular formula is C16H12BrClO3. The fourth-order valence-corrected chi connectivity index (χ4v) is 2.33. The average Bonchev–Trinajstić information content (AvgIpc) is 2.47. The van der Waals surface area contributed by atoms with Gasteiger partial charge in [0.25, 0.3) is 0 Å². The zero-order valence-electron chi connectivity index (χ0n) is 11.2. The standard InChI is InChI=1S/C16H12BrClO3/c1-10(15(19)11-6-8-12(18)9-7-11)21-16(20)13-4-2-3-5-14(13)17/h2-10H,1H3/t10-/m1/s1. The molecule has 0 aromatic heterocycles. The molecule has 0 aliphatic carbocycles. The largest absolute Gasteiger partial charge is 0.451 e. The summed E-state index contributed by atoms with van der Waals surface area (Å²) in [5, 5.41) is 0.546. The molecule has 1 atom stereocenters. The van der Waals surface area contributed by atoms with Gasteiger partial charge in [0, 0.05) is 15.1 Å².